The smallest absolute Gasteiger partial charge is 0.426 e. The lowest BCUT2D eigenvalue weighted by Crippen LogP contribution is -2.44. The Labute approximate surface area is 158 Å². The monoisotopic (exact) mass is 426 g/mol. The van der Waals surface area contributed by atoms with Crippen LogP contribution in [0.3, 0.4) is 0 Å². The summed E-state index contributed by atoms with van der Waals surface area (Å²) in [7, 11) is 0. The lowest BCUT2D eigenvalue weighted by molar-refractivity contribution is -0.124. The maximum atomic E-state index is 11.6. The van der Waals surface area contributed by atoms with Gasteiger partial charge in [-0.2, -0.15) is 0 Å². The predicted molar refractivity (Wildman–Crippen MR) is 97.3 cm³/mol. The van der Waals surface area contributed by atoms with Crippen LogP contribution in [0.2, 0.25) is 5.02 Å². The molecule has 2 amide bonds. The van der Waals surface area contributed by atoms with Crippen LogP contribution in [0.25, 0.3) is 0 Å². The number of carbonyl (C=O) groups excluding carboxylic acids is 2. The fraction of sp³-hybridized carbons (Fsp3) is 0.176. The van der Waals surface area contributed by atoms with Gasteiger partial charge in [0.15, 0.2) is 6.61 Å². The Morgan fingerprint density at radius 1 is 1.12 bits per heavy atom. The summed E-state index contributed by atoms with van der Waals surface area (Å²) in [5, 5.41) is 0.615. The van der Waals surface area contributed by atoms with Gasteiger partial charge in [-0.25, -0.2) is 10.2 Å². The Hall–Kier alpha value is -2.25. The number of hydrogen-bond acceptors (Lipinski definition) is 4. The molecule has 8 heteroatoms. The van der Waals surface area contributed by atoms with E-state index in [1.54, 1.807) is 42.5 Å². The zero-order valence-corrected chi connectivity index (χ0v) is 15.7. The van der Waals surface area contributed by atoms with Gasteiger partial charge in [-0.05, 0) is 54.4 Å². The van der Waals surface area contributed by atoms with Crippen molar-refractivity contribution in [3.8, 4) is 5.75 Å². The van der Waals surface area contributed by atoms with Crippen molar-refractivity contribution in [3.05, 3.63) is 63.1 Å². The highest BCUT2D eigenvalue weighted by Gasteiger charge is 2.08. The molecule has 2 aromatic rings. The van der Waals surface area contributed by atoms with Crippen molar-refractivity contribution in [1.29, 1.82) is 0 Å². The number of hydrogen-bond donors (Lipinski definition) is 2. The fourth-order valence-electron chi connectivity index (χ4n) is 1.84. The largest absolute Gasteiger partial charge is 0.484 e. The highest BCUT2D eigenvalue weighted by atomic mass is 79.9. The predicted octanol–water partition coefficient (Wildman–Crippen LogP) is 3.75. The summed E-state index contributed by atoms with van der Waals surface area (Å²) in [4.78, 5) is 23.2. The van der Waals surface area contributed by atoms with E-state index in [-0.39, 0.29) is 13.2 Å². The van der Waals surface area contributed by atoms with Crippen LogP contribution in [0.1, 0.15) is 11.1 Å². The normalized spacial score (nSPS) is 10.0. The molecule has 0 aliphatic heterocycles. The molecule has 0 aliphatic rings. The van der Waals surface area contributed by atoms with Crippen LogP contribution in [-0.2, 0) is 16.1 Å². The van der Waals surface area contributed by atoms with Crippen LogP contribution in [0.4, 0.5) is 4.79 Å². The molecular formula is C17H16BrClN2O4. The van der Waals surface area contributed by atoms with E-state index in [2.05, 4.69) is 26.8 Å². The average molecular weight is 428 g/mol. The van der Waals surface area contributed by atoms with Gasteiger partial charge in [0, 0.05) is 9.50 Å². The topological polar surface area (TPSA) is 76.7 Å². The minimum atomic E-state index is -0.772. The minimum absolute atomic E-state index is 0.0695. The van der Waals surface area contributed by atoms with E-state index in [9.17, 15) is 9.59 Å². The summed E-state index contributed by atoms with van der Waals surface area (Å²) in [5.74, 6) is 0.0293. The summed E-state index contributed by atoms with van der Waals surface area (Å²) < 4.78 is 11.2. The van der Waals surface area contributed by atoms with Crippen LogP contribution in [0.5, 0.6) is 5.75 Å². The Morgan fingerprint density at radius 2 is 1.84 bits per heavy atom. The van der Waals surface area contributed by atoms with Crippen molar-refractivity contribution < 1.29 is 19.1 Å². The Morgan fingerprint density at radius 3 is 2.52 bits per heavy atom. The third-order valence-corrected chi connectivity index (χ3v) is 3.91. The van der Waals surface area contributed by atoms with E-state index in [1.165, 1.54) is 0 Å². The number of benzene rings is 2. The standard InChI is InChI=1S/C17H16BrClN2O4/c1-11-8-14(19)5-2-12(11)9-25-17(23)21-20-16(22)10-24-15-6-3-13(18)4-7-15/h2-8H,9-10H2,1H3,(H,20,22)(H,21,23). The first-order valence-corrected chi connectivity index (χ1v) is 8.46. The molecule has 0 saturated heterocycles. The molecule has 0 spiro atoms. The fourth-order valence-corrected chi connectivity index (χ4v) is 2.33. The SMILES string of the molecule is Cc1cc(Cl)ccc1COC(=O)NNC(=O)COc1ccc(Br)cc1. The first-order valence-electron chi connectivity index (χ1n) is 7.29. The van der Waals surface area contributed by atoms with Crippen LogP contribution in [0.15, 0.2) is 46.9 Å². The molecule has 25 heavy (non-hydrogen) atoms. The minimum Gasteiger partial charge on any atom is -0.484 e. The van der Waals surface area contributed by atoms with Gasteiger partial charge >= 0.3 is 6.09 Å². The number of hydrazine groups is 1. The Bertz CT molecular complexity index is 753. The zero-order chi connectivity index (χ0) is 18.2. The molecule has 0 saturated carbocycles. The molecule has 0 bridgehead atoms. The second kappa shape index (κ2) is 9.29. The first kappa shape index (κ1) is 19.1. The van der Waals surface area contributed by atoms with Gasteiger partial charge in [-0.3, -0.25) is 10.2 Å². The van der Waals surface area contributed by atoms with Crippen LogP contribution in [-0.4, -0.2) is 18.6 Å². The molecule has 0 atom stereocenters. The molecule has 132 valence electrons. The molecular weight excluding hydrogens is 412 g/mol. The van der Waals surface area contributed by atoms with Gasteiger partial charge in [0.1, 0.15) is 12.4 Å². The number of aryl methyl sites for hydroxylation is 1. The Kier molecular flexibility index (Phi) is 7.09. The average Bonchev–Trinajstić information content (AvgIpc) is 2.58. The summed E-state index contributed by atoms with van der Waals surface area (Å²) in [6.07, 6.45) is -0.772. The first-order chi connectivity index (χ1) is 11.9. The van der Waals surface area contributed by atoms with Gasteiger partial charge in [0.2, 0.25) is 0 Å². The second-order valence-electron chi connectivity index (χ2n) is 5.06. The molecule has 0 aromatic heterocycles. The summed E-state index contributed by atoms with van der Waals surface area (Å²) >= 11 is 9.17. The second-order valence-corrected chi connectivity index (χ2v) is 6.41. The summed E-state index contributed by atoms with van der Waals surface area (Å²) in [5.41, 5.74) is 6.09. The Balaban J connectivity index is 1.68. The van der Waals surface area contributed by atoms with Crippen molar-refractivity contribution in [2.45, 2.75) is 13.5 Å². The van der Waals surface area contributed by atoms with Gasteiger partial charge in [-0.1, -0.05) is 33.6 Å². The number of rotatable bonds is 5. The van der Waals surface area contributed by atoms with Gasteiger partial charge in [0.25, 0.3) is 5.91 Å². The lowest BCUT2D eigenvalue weighted by Gasteiger charge is -2.10. The van der Waals surface area contributed by atoms with E-state index in [4.69, 9.17) is 21.1 Å². The van der Waals surface area contributed by atoms with E-state index >= 15 is 0 Å². The molecule has 6 nitrogen and oxygen atoms in total. The maximum Gasteiger partial charge on any atom is 0.426 e. The quantitative estimate of drug-likeness (QED) is 0.713. The third kappa shape index (κ3) is 6.64. The number of nitrogens with one attached hydrogen (secondary N) is 2. The van der Waals surface area contributed by atoms with Crippen molar-refractivity contribution in [2.24, 2.45) is 0 Å². The highest BCUT2D eigenvalue weighted by Crippen LogP contribution is 2.16. The van der Waals surface area contributed by atoms with E-state index in [0.717, 1.165) is 15.6 Å². The van der Waals surface area contributed by atoms with Gasteiger partial charge < -0.3 is 9.47 Å². The van der Waals surface area contributed by atoms with Crippen LogP contribution >= 0.6 is 27.5 Å². The molecule has 0 unspecified atom stereocenters. The molecule has 2 N–H and O–H groups in total. The summed E-state index contributed by atoms with van der Waals surface area (Å²) in [6, 6.07) is 12.3. The molecule has 0 heterocycles. The molecule has 2 aromatic carbocycles. The van der Waals surface area contributed by atoms with E-state index < -0.39 is 12.0 Å². The van der Waals surface area contributed by atoms with Crippen molar-refractivity contribution in [1.82, 2.24) is 10.9 Å². The number of ether oxygens (including phenoxy) is 2. The van der Waals surface area contributed by atoms with Crippen LogP contribution < -0.4 is 15.6 Å². The lowest BCUT2D eigenvalue weighted by atomic mass is 10.1. The van der Waals surface area contributed by atoms with Crippen LogP contribution in [0, 0.1) is 6.92 Å². The molecule has 0 fully saturated rings. The third-order valence-electron chi connectivity index (χ3n) is 3.15. The molecule has 2 rings (SSSR count). The molecule has 0 radical (unpaired) electrons. The highest BCUT2D eigenvalue weighted by molar-refractivity contribution is 9.10. The number of amides is 2. The van der Waals surface area contributed by atoms with Crippen molar-refractivity contribution >= 4 is 39.5 Å². The number of carbonyl (C=O) groups is 2. The van der Waals surface area contributed by atoms with E-state index in [0.29, 0.717) is 10.8 Å². The maximum absolute atomic E-state index is 11.6. The van der Waals surface area contributed by atoms with Gasteiger partial charge in [0.05, 0.1) is 0 Å². The van der Waals surface area contributed by atoms with Gasteiger partial charge in [-0.15, -0.1) is 0 Å². The summed E-state index contributed by atoms with van der Waals surface area (Å²) in [6.45, 7) is 1.70. The number of halogens is 2. The van der Waals surface area contributed by atoms with Crippen molar-refractivity contribution in [3.63, 3.8) is 0 Å². The van der Waals surface area contributed by atoms with E-state index in [1.807, 2.05) is 6.92 Å². The zero-order valence-electron chi connectivity index (χ0n) is 13.3. The molecule has 0 aliphatic carbocycles. The van der Waals surface area contributed by atoms with Crippen molar-refractivity contribution in [2.75, 3.05) is 6.61 Å².